The van der Waals surface area contributed by atoms with Gasteiger partial charge in [0.2, 0.25) is 5.95 Å². The lowest BCUT2D eigenvalue weighted by molar-refractivity contribution is 0.402. The van der Waals surface area contributed by atoms with Crippen molar-refractivity contribution >= 4 is 17.5 Å². The Labute approximate surface area is 165 Å². The molecule has 1 aliphatic heterocycles. The highest BCUT2D eigenvalue weighted by atomic mass is 15.2. The Morgan fingerprint density at radius 1 is 1.00 bits per heavy atom. The predicted octanol–water partition coefficient (Wildman–Crippen LogP) is 4.55. The van der Waals surface area contributed by atoms with E-state index in [1.165, 1.54) is 18.4 Å². The summed E-state index contributed by atoms with van der Waals surface area (Å²) < 4.78 is 0. The summed E-state index contributed by atoms with van der Waals surface area (Å²) in [6.45, 7) is 2.01. The van der Waals surface area contributed by atoms with E-state index in [2.05, 4.69) is 56.6 Å². The standard InChI is InChI=1S/C23H23N5/c24-17-20-8-4-5-9-21(20)26-23-25-13-10-22(27-23)28-14-11-19(12-15-28)16-18-6-2-1-3-7-18/h1-10,13,19H,11-12,14-16H2,(H,25,26,27). The highest BCUT2D eigenvalue weighted by Gasteiger charge is 2.20. The van der Waals surface area contributed by atoms with Crippen molar-refractivity contribution in [1.82, 2.24) is 9.97 Å². The smallest absolute Gasteiger partial charge is 0.229 e. The van der Waals surface area contributed by atoms with Crippen LogP contribution >= 0.6 is 0 Å². The fourth-order valence-electron chi connectivity index (χ4n) is 3.71. The Hall–Kier alpha value is -3.39. The summed E-state index contributed by atoms with van der Waals surface area (Å²) in [6.07, 6.45) is 5.25. The molecule has 5 nitrogen and oxygen atoms in total. The van der Waals surface area contributed by atoms with E-state index in [0.29, 0.717) is 11.5 Å². The minimum absolute atomic E-state index is 0.520. The molecule has 0 radical (unpaired) electrons. The van der Waals surface area contributed by atoms with Crippen molar-refractivity contribution in [2.45, 2.75) is 19.3 Å². The van der Waals surface area contributed by atoms with Gasteiger partial charge >= 0.3 is 0 Å². The van der Waals surface area contributed by atoms with Crippen LogP contribution in [0.15, 0.2) is 66.9 Å². The Morgan fingerprint density at radius 2 is 1.75 bits per heavy atom. The number of rotatable bonds is 5. The van der Waals surface area contributed by atoms with Crippen molar-refractivity contribution in [2.24, 2.45) is 5.92 Å². The number of nitrogens with zero attached hydrogens (tertiary/aromatic N) is 4. The molecule has 1 aliphatic rings. The van der Waals surface area contributed by atoms with Crippen molar-refractivity contribution in [2.75, 3.05) is 23.3 Å². The zero-order chi connectivity index (χ0) is 19.2. The molecular formula is C23H23N5. The lowest BCUT2D eigenvalue weighted by Crippen LogP contribution is -2.35. The van der Waals surface area contributed by atoms with Crippen LogP contribution in [0.25, 0.3) is 0 Å². The number of nitriles is 1. The van der Waals surface area contributed by atoms with Crippen molar-refractivity contribution in [3.05, 3.63) is 78.0 Å². The molecule has 1 fully saturated rings. The normalized spacial score (nSPS) is 14.5. The molecule has 0 aliphatic carbocycles. The molecule has 5 heteroatoms. The maximum Gasteiger partial charge on any atom is 0.229 e. The average molecular weight is 369 g/mol. The minimum Gasteiger partial charge on any atom is -0.356 e. The van der Waals surface area contributed by atoms with Crippen LogP contribution in [0, 0.1) is 17.2 Å². The Kier molecular flexibility index (Phi) is 5.48. The number of hydrogen-bond donors (Lipinski definition) is 1. The second-order valence-corrected chi connectivity index (χ2v) is 7.14. The van der Waals surface area contributed by atoms with Crippen LogP contribution in [0.4, 0.5) is 17.5 Å². The summed E-state index contributed by atoms with van der Waals surface area (Å²) in [7, 11) is 0. The van der Waals surface area contributed by atoms with E-state index in [4.69, 9.17) is 0 Å². The van der Waals surface area contributed by atoms with Gasteiger partial charge in [0.15, 0.2) is 0 Å². The Morgan fingerprint density at radius 3 is 2.54 bits per heavy atom. The maximum absolute atomic E-state index is 9.25. The molecule has 0 bridgehead atoms. The van der Waals surface area contributed by atoms with Crippen LogP contribution in [0.2, 0.25) is 0 Å². The molecule has 2 aromatic carbocycles. The van der Waals surface area contributed by atoms with Gasteiger partial charge in [-0.15, -0.1) is 0 Å². The molecule has 3 aromatic rings. The van der Waals surface area contributed by atoms with Crippen LogP contribution in [-0.2, 0) is 6.42 Å². The first-order chi connectivity index (χ1) is 13.8. The molecule has 1 aromatic heterocycles. The van der Waals surface area contributed by atoms with Gasteiger partial charge < -0.3 is 10.2 Å². The highest BCUT2D eigenvalue weighted by molar-refractivity contribution is 5.63. The number of nitrogens with one attached hydrogen (secondary N) is 1. The molecule has 1 saturated heterocycles. The quantitative estimate of drug-likeness (QED) is 0.715. The molecule has 0 amide bonds. The molecule has 0 spiro atoms. The first-order valence-corrected chi connectivity index (χ1v) is 9.70. The summed E-state index contributed by atoms with van der Waals surface area (Å²) in [4.78, 5) is 11.3. The van der Waals surface area contributed by atoms with Crippen LogP contribution in [0.5, 0.6) is 0 Å². The van der Waals surface area contributed by atoms with Crippen LogP contribution in [0.3, 0.4) is 0 Å². The molecule has 4 rings (SSSR count). The van der Waals surface area contributed by atoms with Crippen molar-refractivity contribution in [3.8, 4) is 6.07 Å². The van der Waals surface area contributed by atoms with Crippen LogP contribution in [0.1, 0.15) is 24.0 Å². The predicted molar refractivity (Wildman–Crippen MR) is 112 cm³/mol. The first-order valence-electron chi connectivity index (χ1n) is 9.70. The van der Waals surface area contributed by atoms with Gasteiger partial charge in [-0.3, -0.25) is 0 Å². The Bertz CT molecular complexity index is 956. The highest BCUT2D eigenvalue weighted by Crippen LogP contribution is 2.26. The minimum atomic E-state index is 0.520. The molecule has 2 heterocycles. The van der Waals surface area contributed by atoms with Gasteiger partial charge in [0.05, 0.1) is 11.3 Å². The van der Waals surface area contributed by atoms with Crippen LogP contribution in [-0.4, -0.2) is 23.1 Å². The van der Waals surface area contributed by atoms with Gasteiger partial charge in [0.25, 0.3) is 0 Å². The number of aromatic nitrogens is 2. The van der Waals surface area contributed by atoms with E-state index in [9.17, 15) is 5.26 Å². The lowest BCUT2D eigenvalue weighted by Gasteiger charge is -2.33. The van der Waals surface area contributed by atoms with Crippen molar-refractivity contribution < 1.29 is 0 Å². The zero-order valence-corrected chi connectivity index (χ0v) is 15.8. The lowest BCUT2D eigenvalue weighted by atomic mass is 9.90. The molecule has 0 unspecified atom stereocenters. The zero-order valence-electron chi connectivity index (χ0n) is 15.8. The largest absolute Gasteiger partial charge is 0.356 e. The third-order valence-electron chi connectivity index (χ3n) is 5.24. The third-order valence-corrected chi connectivity index (χ3v) is 5.24. The molecule has 0 atom stereocenters. The Balaban J connectivity index is 1.39. The first kappa shape index (κ1) is 18.0. The summed E-state index contributed by atoms with van der Waals surface area (Å²) >= 11 is 0. The molecule has 1 N–H and O–H groups in total. The average Bonchev–Trinajstić information content (AvgIpc) is 2.76. The van der Waals surface area contributed by atoms with E-state index in [1.807, 2.05) is 24.3 Å². The number of piperidine rings is 1. The van der Waals surface area contributed by atoms with Crippen molar-refractivity contribution in [3.63, 3.8) is 0 Å². The molecule has 140 valence electrons. The van der Waals surface area contributed by atoms with Gasteiger partial charge in [-0.05, 0) is 48.9 Å². The number of hydrogen-bond acceptors (Lipinski definition) is 5. The monoisotopic (exact) mass is 369 g/mol. The van der Waals surface area contributed by atoms with E-state index >= 15 is 0 Å². The number of benzene rings is 2. The van der Waals surface area contributed by atoms with Gasteiger partial charge in [-0.2, -0.15) is 10.2 Å². The van der Waals surface area contributed by atoms with E-state index in [0.717, 1.165) is 36.9 Å². The van der Waals surface area contributed by atoms with Crippen LogP contribution < -0.4 is 10.2 Å². The molecule has 28 heavy (non-hydrogen) atoms. The second kappa shape index (κ2) is 8.53. The second-order valence-electron chi connectivity index (χ2n) is 7.14. The van der Waals surface area contributed by atoms with E-state index in [-0.39, 0.29) is 0 Å². The fourth-order valence-corrected chi connectivity index (χ4v) is 3.71. The van der Waals surface area contributed by atoms with Gasteiger partial charge in [-0.1, -0.05) is 42.5 Å². The summed E-state index contributed by atoms with van der Waals surface area (Å²) in [5.41, 5.74) is 2.73. The summed E-state index contributed by atoms with van der Waals surface area (Å²) in [6, 6.07) is 22.3. The van der Waals surface area contributed by atoms with Crippen molar-refractivity contribution in [1.29, 1.82) is 5.26 Å². The topological polar surface area (TPSA) is 64.8 Å². The van der Waals surface area contributed by atoms with E-state index < -0.39 is 0 Å². The summed E-state index contributed by atoms with van der Waals surface area (Å²) in [5.74, 6) is 2.18. The maximum atomic E-state index is 9.25. The molecular weight excluding hydrogens is 346 g/mol. The third kappa shape index (κ3) is 4.29. The SMILES string of the molecule is N#Cc1ccccc1Nc1nccc(N2CCC(Cc3ccccc3)CC2)n1. The fraction of sp³-hybridized carbons (Fsp3) is 0.261. The van der Waals surface area contributed by atoms with E-state index in [1.54, 1.807) is 12.3 Å². The van der Waals surface area contributed by atoms with Gasteiger partial charge in [0, 0.05) is 19.3 Å². The van der Waals surface area contributed by atoms with Gasteiger partial charge in [-0.25, -0.2) is 4.98 Å². The van der Waals surface area contributed by atoms with Gasteiger partial charge in [0.1, 0.15) is 11.9 Å². The summed E-state index contributed by atoms with van der Waals surface area (Å²) in [5, 5.41) is 12.4. The molecule has 0 saturated carbocycles. The number of para-hydroxylation sites is 1. The number of anilines is 3.